The molecule has 1 rings (SSSR count). The molecular formula is C10H11IO3. The second-order valence-corrected chi connectivity index (χ2v) is 3.41. The van der Waals surface area contributed by atoms with Gasteiger partial charge in [0.15, 0.2) is 6.61 Å². The zero-order valence-corrected chi connectivity index (χ0v) is 9.98. The minimum Gasteiger partial charge on any atom is -0.482 e. The van der Waals surface area contributed by atoms with Crippen molar-refractivity contribution in [1.82, 2.24) is 0 Å². The Morgan fingerprint density at radius 1 is 1.36 bits per heavy atom. The molecule has 76 valence electrons. The maximum absolute atomic E-state index is 10.8. The van der Waals surface area contributed by atoms with Gasteiger partial charge in [0.1, 0.15) is 5.75 Å². The molecule has 0 atom stereocenters. The summed E-state index contributed by atoms with van der Waals surface area (Å²) in [5, 5.41) is 0. The zero-order valence-electron chi connectivity index (χ0n) is 7.83. The van der Waals surface area contributed by atoms with E-state index in [-0.39, 0.29) is 12.6 Å². The number of ether oxygens (including phenoxy) is 2. The Labute approximate surface area is 96.5 Å². The molecule has 0 N–H and O–H groups in total. The van der Waals surface area contributed by atoms with E-state index in [9.17, 15) is 4.79 Å². The summed E-state index contributed by atoms with van der Waals surface area (Å²) in [6, 6.07) is 7.63. The number of hydrogen-bond donors (Lipinski definition) is 0. The van der Waals surface area contributed by atoms with Crippen LogP contribution in [-0.4, -0.2) is 19.7 Å². The van der Waals surface area contributed by atoms with Crippen molar-refractivity contribution in [2.24, 2.45) is 0 Å². The summed E-state index contributed by atoms with van der Waals surface area (Å²) in [6.45, 7) is -0.0416. The molecule has 4 heteroatoms. The Morgan fingerprint density at radius 2 is 2.00 bits per heavy atom. The molecule has 1 aromatic rings. The smallest absolute Gasteiger partial charge is 0.343 e. The van der Waals surface area contributed by atoms with Crippen molar-refractivity contribution in [3.8, 4) is 5.75 Å². The van der Waals surface area contributed by atoms with E-state index in [4.69, 9.17) is 4.74 Å². The molecule has 1 aromatic carbocycles. The van der Waals surface area contributed by atoms with Gasteiger partial charge < -0.3 is 9.47 Å². The van der Waals surface area contributed by atoms with Crippen molar-refractivity contribution in [3.63, 3.8) is 0 Å². The van der Waals surface area contributed by atoms with Crippen molar-refractivity contribution in [3.05, 3.63) is 29.8 Å². The lowest BCUT2D eigenvalue weighted by Gasteiger charge is -2.04. The van der Waals surface area contributed by atoms with Crippen LogP contribution in [0.2, 0.25) is 0 Å². The molecule has 0 aliphatic rings. The van der Waals surface area contributed by atoms with Gasteiger partial charge in [-0.05, 0) is 17.7 Å². The SMILES string of the molecule is COC(=O)COc1ccc(CI)cc1. The summed E-state index contributed by atoms with van der Waals surface area (Å²) in [6.07, 6.45) is 0. The minimum atomic E-state index is -0.372. The molecule has 14 heavy (non-hydrogen) atoms. The highest BCUT2D eigenvalue weighted by Gasteiger charge is 2.00. The molecule has 0 radical (unpaired) electrons. The van der Waals surface area contributed by atoms with Crippen LogP contribution in [0.5, 0.6) is 5.75 Å². The summed E-state index contributed by atoms with van der Waals surface area (Å²) in [7, 11) is 1.34. The number of methoxy groups -OCH3 is 1. The number of alkyl halides is 1. The molecule has 0 unspecified atom stereocenters. The van der Waals surface area contributed by atoms with Crippen LogP contribution in [0.15, 0.2) is 24.3 Å². The molecule has 0 spiro atoms. The number of rotatable bonds is 4. The van der Waals surface area contributed by atoms with Crippen molar-refractivity contribution < 1.29 is 14.3 Å². The molecule has 0 amide bonds. The second-order valence-electron chi connectivity index (χ2n) is 2.64. The zero-order chi connectivity index (χ0) is 10.4. The summed E-state index contributed by atoms with van der Waals surface area (Å²) < 4.78 is 10.6. The van der Waals surface area contributed by atoms with Crippen LogP contribution in [0.4, 0.5) is 0 Å². The van der Waals surface area contributed by atoms with Crippen molar-refractivity contribution in [2.75, 3.05) is 13.7 Å². The van der Waals surface area contributed by atoms with Crippen LogP contribution in [-0.2, 0) is 14.0 Å². The minimum absolute atomic E-state index is 0.0416. The van der Waals surface area contributed by atoms with Crippen LogP contribution in [0.1, 0.15) is 5.56 Å². The number of benzene rings is 1. The van der Waals surface area contributed by atoms with Crippen molar-refractivity contribution >= 4 is 28.6 Å². The van der Waals surface area contributed by atoms with E-state index in [1.807, 2.05) is 24.3 Å². The van der Waals surface area contributed by atoms with Crippen LogP contribution in [0, 0.1) is 0 Å². The predicted octanol–water partition coefficient (Wildman–Crippen LogP) is 2.17. The standard InChI is InChI=1S/C10H11IO3/c1-13-10(12)7-14-9-4-2-8(6-11)3-5-9/h2-5H,6-7H2,1H3. The van der Waals surface area contributed by atoms with E-state index in [0.717, 1.165) is 4.43 Å². The lowest BCUT2D eigenvalue weighted by Crippen LogP contribution is -2.12. The van der Waals surface area contributed by atoms with Crippen molar-refractivity contribution in [2.45, 2.75) is 4.43 Å². The molecule has 0 saturated carbocycles. The summed E-state index contributed by atoms with van der Waals surface area (Å²) in [5.41, 5.74) is 1.23. The third-order valence-electron chi connectivity index (χ3n) is 1.66. The third-order valence-corrected chi connectivity index (χ3v) is 2.54. The van der Waals surface area contributed by atoms with Gasteiger partial charge in [0, 0.05) is 4.43 Å². The molecule has 0 aliphatic heterocycles. The number of carbonyl (C=O) groups is 1. The normalized spacial score (nSPS) is 9.57. The van der Waals surface area contributed by atoms with E-state index < -0.39 is 0 Å². The van der Waals surface area contributed by atoms with Crippen LogP contribution < -0.4 is 4.74 Å². The second kappa shape index (κ2) is 5.85. The van der Waals surface area contributed by atoms with Gasteiger partial charge in [0.2, 0.25) is 0 Å². The Hall–Kier alpha value is -0.780. The van der Waals surface area contributed by atoms with Gasteiger partial charge in [-0.3, -0.25) is 0 Å². The number of esters is 1. The van der Waals surface area contributed by atoms with E-state index in [0.29, 0.717) is 5.75 Å². The fraction of sp³-hybridized carbons (Fsp3) is 0.300. The van der Waals surface area contributed by atoms with Gasteiger partial charge >= 0.3 is 5.97 Å². The largest absolute Gasteiger partial charge is 0.482 e. The number of halogens is 1. The number of hydrogen-bond acceptors (Lipinski definition) is 3. The van der Waals surface area contributed by atoms with Gasteiger partial charge in [0.05, 0.1) is 7.11 Å². The molecule has 0 aliphatic carbocycles. The Kier molecular flexibility index (Phi) is 4.72. The molecule has 0 aromatic heterocycles. The lowest BCUT2D eigenvalue weighted by atomic mass is 10.2. The van der Waals surface area contributed by atoms with E-state index in [1.165, 1.54) is 12.7 Å². The molecule has 0 bridgehead atoms. The van der Waals surface area contributed by atoms with Crippen LogP contribution in [0.25, 0.3) is 0 Å². The topological polar surface area (TPSA) is 35.5 Å². The van der Waals surface area contributed by atoms with Gasteiger partial charge in [-0.2, -0.15) is 0 Å². The van der Waals surface area contributed by atoms with Gasteiger partial charge in [0.25, 0.3) is 0 Å². The molecule has 0 saturated heterocycles. The third kappa shape index (κ3) is 3.53. The first-order chi connectivity index (χ1) is 6.76. The van der Waals surface area contributed by atoms with Crippen LogP contribution >= 0.6 is 22.6 Å². The monoisotopic (exact) mass is 306 g/mol. The van der Waals surface area contributed by atoms with Gasteiger partial charge in [-0.15, -0.1) is 0 Å². The lowest BCUT2D eigenvalue weighted by molar-refractivity contribution is -0.142. The Balaban J connectivity index is 2.47. The summed E-state index contributed by atoms with van der Waals surface area (Å²) >= 11 is 2.29. The van der Waals surface area contributed by atoms with Crippen molar-refractivity contribution in [1.29, 1.82) is 0 Å². The highest BCUT2D eigenvalue weighted by Crippen LogP contribution is 2.13. The Morgan fingerprint density at radius 3 is 2.50 bits per heavy atom. The highest BCUT2D eigenvalue weighted by atomic mass is 127. The maximum atomic E-state index is 10.8. The average molecular weight is 306 g/mol. The molecular weight excluding hydrogens is 295 g/mol. The summed E-state index contributed by atoms with van der Waals surface area (Å²) in [5.74, 6) is 0.312. The first-order valence-electron chi connectivity index (χ1n) is 4.11. The quantitative estimate of drug-likeness (QED) is 0.486. The summed E-state index contributed by atoms with van der Waals surface area (Å²) in [4.78, 5) is 10.8. The van der Waals surface area contributed by atoms with Gasteiger partial charge in [-0.1, -0.05) is 34.7 Å². The highest BCUT2D eigenvalue weighted by molar-refractivity contribution is 14.1. The van der Waals surface area contributed by atoms with E-state index >= 15 is 0 Å². The first-order valence-corrected chi connectivity index (χ1v) is 5.63. The van der Waals surface area contributed by atoms with Gasteiger partial charge in [-0.25, -0.2) is 4.79 Å². The fourth-order valence-corrected chi connectivity index (χ4v) is 1.38. The Bertz CT molecular complexity index is 295. The molecule has 0 fully saturated rings. The maximum Gasteiger partial charge on any atom is 0.343 e. The average Bonchev–Trinajstić information content (AvgIpc) is 2.26. The fourth-order valence-electron chi connectivity index (χ4n) is 0.876. The number of carbonyl (C=O) groups excluding carboxylic acids is 1. The molecule has 0 heterocycles. The predicted molar refractivity (Wildman–Crippen MR) is 61.7 cm³/mol. The molecule has 3 nitrogen and oxygen atoms in total. The van der Waals surface area contributed by atoms with Crippen LogP contribution in [0.3, 0.4) is 0 Å². The van der Waals surface area contributed by atoms with E-state index in [1.54, 1.807) is 0 Å². The first kappa shape index (κ1) is 11.3. The van der Waals surface area contributed by atoms with E-state index in [2.05, 4.69) is 27.3 Å².